The Kier molecular flexibility index (Phi) is 9.47. The predicted molar refractivity (Wildman–Crippen MR) is 130 cm³/mol. The number of aliphatic imine (C=N–C) groups is 1. The first-order valence-corrected chi connectivity index (χ1v) is 10.1. The second-order valence-electron chi connectivity index (χ2n) is 7.02. The molecule has 1 aliphatic heterocycles. The van der Waals surface area contributed by atoms with E-state index in [4.69, 9.17) is 4.99 Å². The van der Waals surface area contributed by atoms with Crippen molar-refractivity contribution in [3.63, 3.8) is 0 Å². The zero-order chi connectivity index (χ0) is 21.5. The quantitative estimate of drug-likeness (QED) is 0.346. The second-order valence-corrected chi connectivity index (χ2v) is 7.02. The molecule has 0 radical (unpaired) electrons. The Bertz CT molecular complexity index is 899. The molecule has 1 fully saturated rings. The number of anilines is 1. The van der Waals surface area contributed by atoms with Crippen molar-refractivity contribution in [3.05, 3.63) is 65.2 Å². The molecule has 168 valence electrons. The van der Waals surface area contributed by atoms with Gasteiger partial charge in [0.25, 0.3) is 5.91 Å². The van der Waals surface area contributed by atoms with E-state index in [9.17, 15) is 13.6 Å². The van der Waals surface area contributed by atoms with Crippen LogP contribution in [0.3, 0.4) is 0 Å². The van der Waals surface area contributed by atoms with Crippen LogP contribution in [0, 0.1) is 11.6 Å². The predicted octanol–water partition coefficient (Wildman–Crippen LogP) is 3.23. The third-order valence-electron chi connectivity index (χ3n) is 5.02. The van der Waals surface area contributed by atoms with Gasteiger partial charge in [0.15, 0.2) is 5.96 Å². The lowest BCUT2D eigenvalue weighted by Gasteiger charge is -2.37. The zero-order valence-electron chi connectivity index (χ0n) is 17.7. The Morgan fingerprint density at radius 2 is 1.74 bits per heavy atom. The molecule has 0 spiro atoms. The minimum atomic E-state index is -0.439. The van der Waals surface area contributed by atoms with Crippen LogP contribution < -0.4 is 15.5 Å². The topological polar surface area (TPSA) is 60.0 Å². The van der Waals surface area contributed by atoms with E-state index in [2.05, 4.69) is 15.5 Å². The normalized spacial score (nSPS) is 14.1. The lowest BCUT2D eigenvalue weighted by atomic mass is 10.1. The first-order valence-electron chi connectivity index (χ1n) is 10.1. The lowest BCUT2D eigenvalue weighted by Crippen LogP contribution is -2.52. The molecule has 0 bridgehead atoms. The number of guanidine groups is 1. The van der Waals surface area contributed by atoms with E-state index >= 15 is 0 Å². The number of amides is 1. The molecule has 3 rings (SSSR count). The Morgan fingerprint density at radius 1 is 1.06 bits per heavy atom. The van der Waals surface area contributed by atoms with Gasteiger partial charge in [0.05, 0.1) is 12.2 Å². The molecule has 0 aliphatic carbocycles. The largest absolute Gasteiger partial charge is 0.366 e. The van der Waals surface area contributed by atoms with Gasteiger partial charge < -0.3 is 20.4 Å². The van der Waals surface area contributed by atoms with Gasteiger partial charge in [0.2, 0.25) is 0 Å². The molecule has 9 heteroatoms. The number of nitrogens with one attached hydrogen (secondary N) is 2. The molecule has 2 aromatic rings. The van der Waals surface area contributed by atoms with Gasteiger partial charge in [-0.05, 0) is 36.8 Å². The summed E-state index contributed by atoms with van der Waals surface area (Å²) >= 11 is 0. The number of hydrogen-bond acceptors (Lipinski definition) is 3. The number of carbonyl (C=O) groups is 1. The molecule has 0 atom stereocenters. The maximum Gasteiger partial charge on any atom is 0.251 e. The molecule has 31 heavy (non-hydrogen) atoms. The molecule has 2 N–H and O–H groups in total. The maximum absolute atomic E-state index is 14.1. The average Bonchev–Trinajstić information content (AvgIpc) is 2.78. The number of carbonyl (C=O) groups excluding carboxylic acids is 1. The Balaban J connectivity index is 0.00000341. The zero-order valence-corrected chi connectivity index (χ0v) is 20.0. The van der Waals surface area contributed by atoms with Crippen LogP contribution in [-0.4, -0.2) is 56.5 Å². The van der Waals surface area contributed by atoms with Crippen molar-refractivity contribution < 1.29 is 13.6 Å². The third kappa shape index (κ3) is 6.52. The summed E-state index contributed by atoms with van der Waals surface area (Å²) in [5, 5.41) is 5.90. The van der Waals surface area contributed by atoms with E-state index < -0.39 is 11.6 Å². The molecule has 6 nitrogen and oxygen atoms in total. The lowest BCUT2D eigenvalue weighted by molar-refractivity contribution is 0.0963. The van der Waals surface area contributed by atoms with Gasteiger partial charge in [-0.1, -0.05) is 12.1 Å². The summed E-state index contributed by atoms with van der Waals surface area (Å²) < 4.78 is 27.6. The first-order chi connectivity index (χ1) is 14.5. The van der Waals surface area contributed by atoms with Gasteiger partial charge in [-0.25, -0.2) is 13.8 Å². The van der Waals surface area contributed by atoms with Crippen LogP contribution in [0.2, 0.25) is 0 Å². The van der Waals surface area contributed by atoms with E-state index in [-0.39, 0.29) is 29.9 Å². The van der Waals surface area contributed by atoms with Crippen molar-refractivity contribution in [2.24, 2.45) is 4.99 Å². The Labute approximate surface area is 198 Å². The molecule has 0 unspecified atom stereocenters. The number of hydrogen-bond donors (Lipinski definition) is 2. The van der Waals surface area contributed by atoms with Crippen molar-refractivity contribution in [3.8, 4) is 0 Å². The van der Waals surface area contributed by atoms with Crippen molar-refractivity contribution in [2.75, 3.05) is 44.7 Å². The van der Waals surface area contributed by atoms with E-state index in [0.29, 0.717) is 44.0 Å². The standard InChI is InChI=1S/C22H27F2N5O.HI/c1-3-26-22(27-15-16-4-6-17(7-5-16)21(30)25-2)29-12-10-28(11-13-29)20-14-18(23)8-9-19(20)24;/h4-9,14H,3,10-13,15H2,1-2H3,(H,25,30)(H,26,27);1H. The summed E-state index contributed by atoms with van der Waals surface area (Å²) in [4.78, 5) is 20.3. The summed E-state index contributed by atoms with van der Waals surface area (Å²) in [7, 11) is 1.60. The van der Waals surface area contributed by atoms with Gasteiger partial charge in [0, 0.05) is 51.4 Å². The number of halogens is 3. The number of piperazine rings is 1. The van der Waals surface area contributed by atoms with Crippen molar-refractivity contribution >= 4 is 41.5 Å². The fraction of sp³-hybridized carbons (Fsp3) is 0.364. The van der Waals surface area contributed by atoms with Crippen molar-refractivity contribution in [1.82, 2.24) is 15.5 Å². The summed E-state index contributed by atoms with van der Waals surface area (Å²) in [5.41, 5.74) is 1.91. The summed E-state index contributed by atoms with van der Waals surface area (Å²) in [6, 6.07) is 10.9. The highest BCUT2D eigenvalue weighted by Crippen LogP contribution is 2.22. The molecule has 1 amide bonds. The first kappa shape index (κ1) is 24.8. The van der Waals surface area contributed by atoms with Crippen LogP contribution in [0.1, 0.15) is 22.8 Å². The van der Waals surface area contributed by atoms with E-state index in [1.807, 2.05) is 24.0 Å². The van der Waals surface area contributed by atoms with E-state index in [1.165, 1.54) is 6.07 Å². The van der Waals surface area contributed by atoms with Gasteiger partial charge in [-0.15, -0.1) is 24.0 Å². The van der Waals surface area contributed by atoms with Crippen LogP contribution >= 0.6 is 24.0 Å². The summed E-state index contributed by atoms with van der Waals surface area (Å²) in [6.45, 7) is 5.67. The average molecular weight is 543 g/mol. The van der Waals surface area contributed by atoms with Crippen LogP contribution in [0.5, 0.6) is 0 Å². The number of rotatable bonds is 5. The molecule has 2 aromatic carbocycles. The Hall–Kier alpha value is -2.43. The van der Waals surface area contributed by atoms with Crippen molar-refractivity contribution in [1.29, 1.82) is 0 Å². The molecule has 0 saturated carbocycles. The Morgan fingerprint density at radius 3 is 2.35 bits per heavy atom. The summed E-state index contributed by atoms with van der Waals surface area (Å²) in [6.07, 6.45) is 0. The minimum Gasteiger partial charge on any atom is -0.366 e. The maximum atomic E-state index is 14.1. The fourth-order valence-electron chi connectivity index (χ4n) is 3.39. The molecule has 1 aliphatic rings. The highest BCUT2D eigenvalue weighted by molar-refractivity contribution is 14.0. The SMILES string of the molecule is CCNC(=NCc1ccc(C(=O)NC)cc1)N1CCN(c2cc(F)ccc2F)CC1.I. The molecule has 0 aromatic heterocycles. The number of benzene rings is 2. The van der Waals surface area contributed by atoms with E-state index in [1.54, 1.807) is 19.2 Å². The number of nitrogens with zero attached hydrogens (tertiary/aromatic N) is 3. The van der Waals surface area contributed by atoms with E-state index in [0.717, 1.165) is 30.2 Å². The van der Waals surface area contributed by atoms with Gasteiger partial charge >= 0.3 is 0 Å². The fourth-order valence-corrected chi connectivity index (χ4v) is 3.39. The highest BCUT2D eigenvalue weighted by Gasteiger charge is 2.22. The van der Waals surface area contributed by atoms with Gasteiger partial charge in [0.1, 0.15) is 11.6 Å². The van der Waals surface area contributed by atoms with Crippen molar-refractivity contribution in [2.45, 2.75) is 13.5 Å². The second kappa shape index (κ2) is 11.8. The van der Waals surface area contributed by atoms with Gasteiger partial charge in [-0.3, -0.25) is 4.79 Å². The molecule has 1 saturated heterocycles. The van der Waals surface area contributed by atoms with Crippen LogP contribution in [0.15, 0.2) is 47.5 Å². The summed E-state index contributed by atoms with van der Waals surface area (Å²) in [5.74, 6) is -0.185. The van der Waals surface area contributed by atoms with Gasteiger partial charge in [-0.2, -0.15) is 0 Å². The van der Waals surface area contributed by atoms with Crippen LogP contribution in [0.25, 0.3) is 0 Å². The smallest absolute Gasteiger partial charge is 0.251 e. The van der Waals surface area contributed by atoms with Crippen LogP contribution in [0.4, 0.5) is 14.5 Å². The van der Waals surface area contributed by atoms with Crippen LogP contribution in [-0.2, 0) is 6.54 Å². The monoisotopic (exact) mass is 543 g/mol. The highest BCUT2D eigenvalue weighted by atomic mass is 127. The molecular formula is C22H28F2IN5O. The molecular weight excluding hydrogens is 515 g/mol. The minimum absolute atomic E-state index is 0. The third-order valence-corrected chi connectivity index (χ3v) is 5.02. The molecule has 1 heterocycles.